The first-order valence-electron chi connectivity index (χ1n) is 10.9. The highest BCUT2D eigenvalue weighted by atomic mass is 16.6. The quantitative estimate of drug-likeness (QED) is 0.405. The Bertz CT molecular complexity index is 1130. The molecule has 2 aromatic carbocycles. The summed E-state index contributed by atoms with van der Waals surface area (Å²) in [4.78, 5) is 32.2. The number of rotatable bonds is 7. The maximum Gasteiger partial charge on any atom is 0.311 e. The number of amides is 1. The molecule has 0 N–H and O–H groups in total. The molecule has 0 unspecified atom stereocenters. The number of ether oxygens (including phenoxy) is 1. The van der Waals surface area contributed by atoms with Gasteiger partial charge in [0.1, 0.15) is 6.61 Å². The number of benzene rings is 2. The molecule has 1 amide bonds. The molecular weight excluding hydrogens is 420 g/mol. The van der Waals surface area contributed by atoms with Crippen molar-refractivity contribution in [2.24, 2.45) is 0 Å². The first-order chi connectivity index (χ1) is 16.0. The molecule has 3 aromatic rings. The van der Waals surface area contributed by atoms with Gasteiger partial charge in [-0.2, -0.15) is 0 Å². The predicted molar refractivity (Wildman–Crippen MR) is 124 cm³/mol. The van der Waals surface area contributed by atoms with E-state index in [1.807, 2.05) is 29.3 Å². The summed E-state index contributed by atoms with van der Waals surface area (Å²) >= 11 is 0. The summed E-state index contributed by atoms with van der Waals surface area (Å²) in [6.07, 6.45) is 3.64. The summed E-state index contributed by atoms with van der Waals surface area (Å²) in [6.45, 7) is 5.70. The van der Waals surface area contributed by atoms with Crippen molar-refractivity contribution in [3.8, 4) is 5.75 Å². The topological polar surface area (TPSA) is 88.8 Å². The largest absolute Gasteiger partial charge is 0.482 e. The van der Waals surface area contributed by atoms with Crippen molar-refractivity contribution in [1.29, 1.82) is 0 Å². The number of pyridine rings is 1. The van der Waals surface area contributed by atoms with E-state index >= 15 is 0 Å². The van der Waals surface area contributed by atoms with Crippen LogP contribution in [0.3, 0.4) is 0 Å². The lowest BCUT2D eigenvalue weighted by atomic mass is 10.1. The zero-order valence-corrected chi connectivity index (χ0v) is 18.5. The van der Waals surface area contributed by atoms with E-state index in [1.165, 1.54) is 11.6 Å². The third kappa shape index (κ3) is 5.72. The molecule has 170 valence electrons. The molecule has 8 heteroatoms. The lowest BCUT2D eigenvalue weighted by Crippen LogP contribution is -2.48. The lowest BCUT2D eigenvalue weighted by molar-refractivity contribution is -0.386. The number of aromatic nitrogens is 1. The summed E-state index contributed by atoms with van der Waals surface area (Å²) < 4.78 is 5.71. The van der Waals surface area contributed by atoms with Crippen molar-refractivity contribution in [2.45, 2.75) is 20.1 Å². The molecule has 2 heterocycles. The van der Waals surface area contributed by atoms with Crippen molar-refractivity contribution in [3.63, 3.8) is 0 Å². The minimum Gasteiger partial charge on any atom is -0.482 e. The minimum absolute atomic E-state index is 0.0146. The van der Waals surface area contributed by atoms with Gasteiger partial charge in [-0.25, -0.2) is 0 Å². The fourth-order valence-electron chi connectivity index (χ4n) is 3.89. The molecule has 0 bridgehead atoms. The maximum atomic E-state index is 13.0. The Morgan fingerprint density at radius 3 is 2.58 bits per heavy atom. The van der Waals surface area contributed by atoms with Gasteiger partial charge in [0, 0.05) is 56.7 Å². The number of aryl methyl sites for hydroxylation is 1. The summed E-state index contributed by atoms with van der Waals surface area (Å²) in [5, 5.41) is 11.3. The minimum atomic E-state index is -0.448. The first-order valence-corrected chi connectivity index (χ1v) is 10.9. The molecule has 1 aliphatic rings. The molecule has 0 radical (unpaired) electrons. The number of carbonyl (C=O) groups is 1. The number of nitro groups is 1. The molecule has 0 saturated carbocycles. The van der Waals surface area contributed by atoms with Crippen molar-refractivity contribution in [2.75, 3.05) is 26.2 Å². The van der Waals surface area contributed by atoms with E-state index in [2.05, 4.69) is 16.0 Å². The Kier molecular flexibility index (Phi) is 6.95. The summed E-state index contributed by atoms with van der Waals surface area (Å²) in [5.74, 6) is 0.200. The van der Waals surface area contributed by atoms with Gasteiger partial charge in [0.15, 0.2) is 5.75 Å². The van der Waals surface area contributed by atoms with Crippen LogP contribution in [0.15, 0.2) is 67.0 Å². The highest BCUT2D eigenvalue weighted by Gasteiger charge is 2.22. The molecule has 1 aromatic heterocycles. The second-order valence-corrected chi connectivity index (χ2v) is 8.15. The van der Waals surface area contributed by atoms with Gasteiger partial charge in [-0.3, -0.25) is 24.8 Å². The van der Waals surface area contributed by atoms with Crippen molar-refractivity contribution >= 4 is 11.6 Å². The summed E-state index contributed by atoms with van der Waals surface area (Å²) in [5.41, 5.74) is 3.27. The zero-order chi connectivity index (χ0) is 23.2. The molecular formula is C25H26N4O4. The average Bonchev–Trinajstić information content (AvgIpc) is 2.84. The van der Waals surface area contributed by atoms with Crippen LogP contribution in [0.1, 0.15) is 27.0 Å². The molecule has 8 nitrogen and oxygen atoms in total. The van der Waals surface area contributed by atoms with E-state index in [0.29, 0.717) is 18.7 Å². The normalized spacial score (nSPS) is 14.2. The third-order valence-corrected chi connectivity index (χ3v) is 5.67. The molecule has 1 aliphatic heterocycles. The van der Waals surface area contributed by atoms with Gasteiger partial charge in [0.2, 0.25) is 0 Å². The Balaban J connectivity index is 1.35. The van der Waals surface area contributed by atoms with Gasteiger partial charge in [-0.1, -0.05) is 24.3 Å². The van der Waals surface area contributed by atoms with E-state index in [0.717, 1.165) is 30.8 Å². The summed E-state index contributed by atoms with van der Waals surface area (Å²) in [6, 6.07) is 16.1. The van der Waals surface area contributed by atoms with Crippen LogP contribution in [0.5, 0.6) is 5.75 Å². The fourth-order valence-corrected chi connectivity index (χ4v) is 3.89. The second kappa shape index (κ2) is 10.2. The maximum absolute atomic E-state index is 13.0. The molecule has 1 saturated heterocycles. The highest BCUT2D eigenvalue weighted by Crippen LogP contribution is 2.28. The SMILES string of the molecule is Cc1ccc(OCc2cccc(C(=O)N3CCN(Cc4cccnc4)CC3)c2)c([N+](=O)[O-])c1. The van der Waals surface area contributed by atoms with Crippen LogP contribution in [-0.2, 0) is 13.2 Å². The molecule has 0 spiro atoms. The highest BCUT2D eigenvalue weighted by molar-refractivity contribution is 5.94. The van der Waals surface area contributed by atoms with E-state index in [4.69, 9.17) is 4.74 Å². The van der Waals surface area contributed by atoms with Gasteiger partial charge < -0.3 is 9.64 Å². The molecule has 33 heavy (non-hydrogen) atoms. The van der Waals surface area contributed by atoms with Gasteiger partial charge in [0.25, 0.3) is 5.91 Å². The van der Waals surface area contributed by atoms with Crippen molar-refractivity contribution < 1.29 is 14.5 Å². The van der Waals surface area contributed by atoms with Crippen molar-refractivity contribution in [1.82, 2.24) is 14.8 Å². The van der Waals surface area contributed by atoms with Crippen LogP contribution in [-0.4, -0.2) is 51.8 Å². The van der Waals surface area contributed by atoms with Gasteiger partial charge >= 0.3 is 5.69 Å². The molecule has 1 fully saturated rings. The summed E-state index contributed by atoms with van der Waals surface area (Å²) in [7, 11) is 0. The Morgan fingerprint density at radius 2 is 1.85 bits per heavy atom. The van der Waals surface area contributed by atoms with E-state index in [1.54, 1.807) is 37.4 Å². The molecule has 0 aliphatic carbocycles. The zero-order valence-electron chi connectivity index (χ0n) is 18.5. The number of piperazine rings is 1. The lowest BCUT2D eigenvalue weighted by Gasteiger charge is -2.34. The van der Waals surface area contributed by atoms with Crippen LogP contribution in [0.25, 0.3) is 0 Å². The number of carbonyl (C=O) groups excluding carboxylic acids is 1. The standard InChI is InChI=1S/C25H26N4O4/c1-19-7-8-24(23(14-19)29(31)32)33-18-20-4-2-6-22(15-20)25(30)28-12-10-27(11-13-28)17-21-5-3-9-26-16-21/h2-9,14-16H,10-13,17-18H2,1H3. The van der Waals surface area contributed by atoms with Gasteiger partial charge in [-0.15, -0.1) is 0 Å². The second-order valence-electron chi connectivity index (χ2n) is 8.15. The number of hydrogen-bond acceptors (Lipinski definition) is 6. The van der Waals surface area contributed by atoms with Crippen LogP contribution >= 0.6 is 0 Å². The van der Waals surface area contributed by atoms with Crippen molar-refractivity contribution in [3.05, 3.63) is 99.4 Å². The van der Waals surface area contributed by atoms with Crippen LogP contribution in [0.4, 0.5) is 5.69 Å². The number of nitrogens with zero attached hydrogens (tertiary/aromatic N) is 4. The fraction of sp³-hybridized carbons (Fsp3) is 0.280. The third-order valence-electron chi connectivity index (χ3n) is 5.67. The Morgan fingerprint density at radius 1 is 1.06 bits per heavy atom. The van der Waals surface area contributed by atoms with Crippen LogP contribution < -0.4 is 4.74 Å². The molecule has 0 atom stereocenters. The van der Waals surface area contributed by atoms with Crippen LogP contribution in [0, 0.1) is 17.0 Å². The molecule has 4 rings (SSSR count). The Hall–Kier alpha value is -3.78. The van der Waals surface area contributed by atoms with E-state index < -0.39 is 4.92 Å². The smallest absolute Gasteiger partial charge is 0.311 e. The van der Waals surface area contributed by atoms with Gasteiger partial charge in [-0.05, 0) is 47.9 Å². The predicted octanol–water partition coefficient (Wildman–Crippen LogP) is 3.84. The first kappa shape index (κ1) is 22.4. The van der Waals surface area contributed by atoms with E-state index in [-0.39, 0.29) is 24.0 Å². The number of hydrogen-bond donors (Lipinski definition) is 0. The average molecular weight is 447 g/mol. The monoisotopic (exact) mass is 446 g/mol. The Labute approximate surface area is 192 Å². The van der Waals surface area contributed by atoms with E-state index in [9.17, 15) is 14.9 Å². The van der Waals surface area contributed by atoms with Gasteiger partial charge in [0.05, 0.1) is 4.92 Å². The van der Waals surface area contributed by atoms with Crippen LogP contribution in [0.2, 0.25) is 0 Å². The number of nitro benzene ring substituents is 1.